The van der Waals surface area contributed by atoms with Gasteiger partial charge in [0.05, 0.1) is 16.8 Å². The van der Waals surface area contributed by atoms with Crippen LogP contribution in [0.2, 0.25) is 0 Å². The van der Waals surface area contributed by atoms with Gasteiger partial charge in [0.1, 0.15) is 16.7 Å². The van der Waals surface area contributed by atoms with E-state index in [0.29, 0.717) is 17.7 Å². The fourth-order valence-corrected chi connectivity index (χ4v) is 7.05. The Morgan fingerprint density at radius 2 is 1.76 bits per heavy atom. The molecular formula is C32H27N5O4S. The number of carbonyl (C=O) groups is 4. The van der Waals surface area contributed by atoms with Gasteiger partial charge in [-0.05, 0) is 48.6 Å². The molecule has 3 aliphatic rings. The molecule has 10 heteroatoms. The number of aromatic nitrogens is 2. The molecule has 0 aliphatic carbocycles. The molecule has 2 aromatic carbocycles. The van der Waals surface area contributed by atoms with Crippen LogP contribution in [0.5, 0.6) is 0 Å². The van der Waals surface area contributed by atoms with Crippen molar-refractivity contribution in [1.29, 1.82) is 0 Å². The maximum absolute atomic E-state index is 13.2. The molecule has 0 radical (unpaired) electrons. The minimum absolute atomic E-state index is 0.0968. The third-order valence-corrected chi connectivity index (χ3v) is 9.01. The SMILES string of the molecule is Cc1nc(C2=CCN(Cc3ccc4c(c3)C(=O)N(C3CCC(=O)NC3=O)C4=O)CC2)c2c(-c3ccccc3)csc2n1. The molecule has 1 fully saturated rings. The Bertz CT molecular complexity index is 1830. The van der Waals surface area contributed by atoms with Gasteiger partial charge in [-0.2, -0.15) is 0 Å². The van der Waals surface area contributed by atoms with Crippen molar-refractivity contribution in [2.24, 2.45) is 0 Å². The first-order chi connectivity index (χ1) is 20.4. The number of nitrogens with zero attached hydrogens (tertiary/aromatic N) is 4. The minimum Gasteiger partial charge on any atom is -0.295 e. The van der Waals surface area contributed by atoms with Crippen LogP contribution < -0.4 is 5.32 Å². The molecule has 1 atom stereocenters. The topological polar surface area (TPSA) is 113 Å². The highest BCUT2D eigenvalue weighted by Gasteiger charge is 2.44. The number of imide groups is 2. The van der Waals surface area contributed by atoms with Crippen LogP contribution in [0.3, 0.4) is 0 Å². The van der Waals surface area contributed by atoms with Crippen molar-refractivity contribution in [3.05, 3.63) is 88.2 Å². The molecule has 1 unspecified atom stereocenters. The molecule has 7 rings (SSSR count). The number of fused-ring (bicyclic) bond motifs is 2. The molecule has 4 amide bonds. The van der Waals surface area contributed by atoms with E-state index in [2.05, 4.69) is 33.8 Å². The third-order valence-electron chi connectivity index (χ3n) is 8.14. The van der Waals surface area contributed by atoms with Gasteiger partial charge in [-0.15, -0.1) is 11.3 Å². The normalized spacial score (nSPS) is 19.3. The predicted molar refractivity (Wildman–Crippen MR) is 159 cm³/mol. The average molecular weight is 578 g/mol. The van der Waals surface area contributed by atoms with E-state index in [1.165, 1.54) is 5.57 Å². The van der Waals surface area contributed by atoms with E-state index < -0.39 is 23.8 Å². The highest BCUT2D eigenvalue weighted by atomic mass is 32.1. The van der Waals surface area contributed by atoms with Gasteiger partial charge in [0, 0.05) is 42.4 Å². The zero-order chi connectivity index (χ0) is 29.0. The molecule has 3 aliphatic heterocycles. The molecule has 2 aromatic heterocycles. The second-order valence-corrected chi connectivity index (χ2v) is 11.7. The van der Waals surface area contributed by atoms with Crippen LogP contribution in [0.1, 0.15) is 57.1 Å². The van der Waals surface area contributed by atoms with Crippen LogP contribution in [0.15, 0.2) is 60.0 Å². The van der Waals surface area contributed by atoms with Crippen LogP contribution in [-0.4, -0.2) is 62.5 Å². The number of aryl methyl sites for hydroxylation is 1. The number of rotatable bonds is 5. The Balaban J connectivity index is 1.10. The van der Waals surface area contributed by atoms with E-state index >= 15 is 0 Å². The Labute approximate surface area is 245 Å². The lowest BCUT2D eigenvalue weighted by molar-refractivity contribution is -0.136. The molecular weight excluding hydrogens is 550 g/mol. The smallest absolute Gasteiger partial charge is 0.262 e. The average Bonchev–Trinajstić information content (AvgIpc) is 3.52. The molecule has 0 bridgehead atoms. The number of carbonyl (C=O) groups excluding carboxylic acids is 4. The van der Waals surface area contributed by atoms with Crippen LogP contribution in [0, 0.1) is 6.92 Å². The van der Waals surface area contributed by atoms with Crippen molar-refractivity contribution in [2.75, 3.05) is 13.1 Å². The molecule has 0 spiro atoms. The summed E-state index contributed by atoms with van der Waals surface area (Å²) in [7, 11) is 0. The minimum atomic E-state index is -0.966. The summed E-state index contributed by atoms with van der Waals surface area (Å²) in [5.41, 5.74) is 6.01. The number of piperidine rings is 1. The molecule has 210 valence electrons. The van der Waals surface area contributed by atoms with E-state index in [4.69, 9.17) is 9.97 Å². The van der Waals surface area contributed by atoms with Gasteiger partial charge in [-0.25, -0.2) is 9.97 Å². The maximum Gasteiger partial charge on any atom is 0.262 e. The molecule has 1 saturated heterocycles. The van der Waals surface area contributed by atoms with Gasteiger partial charge in [-0.1, -0.05) is 42.5 Å². The van der Waals surface area contributed by atoms with Crippen molar-refractivity contribution >= 4 is 50.8 Å². The number of thiophene rings is 1. The second kappa shape index (κ2) is 10.4. The summed E-state index contributed by atoms with van der Waals surface area (Å²) in [5, 5.41) is 5.49. The first-order valence-electron chi connectivity index (χ1n) is 13.9. The zero-order valence-electron chi connectivity index (χ0n) is 22.9. The number of hydrogen-bond donors (Lipinski definition) is 1. The van der Waals surface area contributed by atoms with Crippen molar-refractivity contribution < 1.29 is 19.2 Å². The van der Waals surface area contributed by atoms with E-state index in [1.54, 1.807) is 23.5 Å². The van der Waals surface area contributed by atoms with E-state index in [1.807, 2.05) is 31.2 Å². The number of hydrogen-bond acceptors (Lipinski definition) is 8. The highest BCUT2D eigenvalue weighted by molar-refractivity contribution is 7.17. The van der Waals surface area contributed by atoms with Gasteiger partial charge < -0.3 is 0 Å². The molecule has 42 heavy (non-hydrogen) atoms. The molecule has 4 aromatic rings. The summed E-state index contributed by atoms with van der Waals surface area (Å²) < 4.78 is 0. The van der Waals surface area contributed by atoms with Crippen LogP contribution >= 0.6 is 11.3 Å². The Morgan fingerprint density at radius 1 is 0.952 bits per heavy atom. The maximum atomic E-state index is 13.2. The van der Waals surface area contributed by atoms with Crippen molar-refractivity contribution in [3.63, 3.8) is 0 Å². The zero-order valence-corrected chi connectivity index (χ0v) is 23.7. The van der Waals surface area contributed by atoms with Crippen LogP contribution in [0.25, 0.3) is 26.9 Å². The molecule has 0 saturated carbocycles. The Kier molecular flexibility index (Phi) is 6.52. The molecule has 5 heterocycles. The lowest BCUT2D eigenvalue weighted by Crippen LogP contribution is -2.54. The summed E-state index contributed by atoms with van der Waals surface area (Å²) in [4.78, 5) is 64.1. The number of nitrogens with one attached hydrogen (secondary N) is 1. The van der Waals surface area contributed by atoms with E-state index in [9.17, 15) is 19.2 Å². The quantitative estimate of drug-likeness (QED) is 0.351. The van der Waals surface area contributed by atoms with Gasteiger partial charge >= 0.3 is 0 Å². The molecule has 9 nitrogen and oxygen atoms in total. The monoisotopic (exact) mass is 577 g/mol. The highest BCUT2D eigenvalue weighted by Crippen LogP contribution is 2.38. The van der Waals surface area contributed by atoms with Gasteiger partial charge in [0.25, 0.3) is 11.8 Å². The first kappa shape index (κ1) is 26.4. The third kappa shape index (κ3) is 4.53. The van der Waals surface area contributed by atoms with Crippen molar-refractivity contribution in [1.82, 2.24) is 25.1 Å². The Hall–Kier alpha value is -4.54. The summed E-state index contributed by atoms with van der Waals surface area (Å²) in [5.74, 6) is -1.21. The standard InChI is InChI=1S/C32H27N5O4S/c1-18-33-28(27-24(17-42-30(27)34-18)20-5-3-2-4-6-20)21-11-13-36(14-12-21)16-19-7-8-22-23(15-19)32(41)37(31(22)40)25-9-10-26(38)35-29(25)39/h2-8,11,15,17,25H,9-10,12-14,16H2,1H3,(H,35,38,39). The molecule has 1 N–H and O–H groups in total. The lowest BCUT2D eigenvalue weighted by Gasteiger charge is -2.27. The van der Waals surface area contributed by atoms with Crippen molar-refractivity contribution in [2.45, 2.75) is 38.8 Å². The summed E-state index contributed by atoms with van der Waals surface area (Å²) in [6.45, 7) is 4.08. The van der Waals surface area contributed by atoms with Gasteiger partial charge in [0.15, 0.2) is 0 Å². The number of benzene rings is 2. The summed E-state index contributed by atoms with van der Waals surface area (Å²) >= 11 is 1.64. The lowest BCUT2D eigenvalue weighted by atomic mass is 9.97. The summed E-state index contributed by atoms with van der Waals surface area (Å²) in [6, 6.07) is 14.7. The second-order valence-electron chi connectivity index (χ2n) is 10.9. The van der Waals surface area contributed by atoms with Crippen LogP contribution in [-0.2, 0) is 16.1 Å². The van der Waals surface area contributed by atoms with Crippen molar-refractivity contribution in [3.8, 4) is 11.1 Å². The predicted octanol–water partition coefficient (Wildman–Crippen LogP) is 4.36. The summed E-state index contributed by atoms with van der Waals surface area (Å²) in [6.07, 6.45) is 3.28. The van der Waals surface area contributed by atoms with E-state index in [0.717, 1.165) is 62.8 Å². The fourth-order valence-electron chi connectivity index (χ4n) is 6.06. The fraction of sp³-hybridized carbons (Fsp3) is 0.250. The first-order valence-corrected chi connectivity index (χ1v) is 14.8. The van der Waals surface area contributed by atoms with E-state index in [-0.39, 0.29) is 18.7 Å². The largest absolute Gasteiger partial charge is 0.295 e. The van der Waals surface area contributed by atoms with Gasteiger partial charge in [-0.3, -0.25) is 34.3 Å². The number of amides is 4. The van der Waals surface area contributed by atoms with Crippen LogP contribution in [0.4, 0.5) is 0 Å². The van der Waals surface area contributed by atoms with Gasteiger partial charge in [0.2, 0.25) is 11.8 Å². The Morgan fingerprint density at radius 3 is 2.52 bits per heavy atom.